The van der Waals surface area contributed by atoms with Crippen molar-refractivity contribution in [1.29, 1.82) is 0 Å². The molecule has 0 spiro atoms. The second-order valence-electron chi connectivity index (χ2n) is 4.04. The Hall–Kier alpha value is -0.720. The highest BCUT2D eigenvalue weighted by molar-refractivity contribution is 7.15. The van der Waals surface area contributed by atoms with E-state index in [1.165, 1.54) is 11.3 Å². The van der Waals surface area contributed by atoms with E-state index in [-0.39, 0.29) is 18.3 Å². The molecule has 17 heavy (non-hydrogen) atoms. The Labute approximate surface area is 112 Å². The Morgan fingerprint density at radius 1 is 1.47 bits per heavy atom. The molecule has 5 nitrogen and oxygen atoms in total. The number of carbonyl (C=O) groups excluding carboxylic acids is 1. The highest BCUT2D eigenvalue weighted by Gasteiger charge is 2.08. The molecule has 98 valence electrons. The summed E-state index contributed by atoms with van der Waals surface area (Å²) in [5.41, 5.74) is 5.32. The van der Waals surface area contributed by atoms with Crippen LogP contribution >= 0.6 is 23.7 Å². The summed E-state index contributed by atoms with van der Waals surface area (Å²) in [6.07, 6.45) is 2.04. The number of anilines is 1. The fourth-order valence-electron chi connectivity index (χ4n) is 1.18. The normalized spacial score (nSPS) is 10.1. The van der Waals surface area contributed by atoms with Crippen LogP contribution in [0.5, 0.6) is 0 Å². The van der Waals surface area contributed by atoms with E-state index in [1.807, 2.05) is 0 Å². The molecule has 3 N–H and O–H groups in total. The zero-order valence-electron chi connectivity index (χ0n) is 10.1. The second kappa shape index (κ2) is 8.38. The summed E-state index contributed by atoms with van der Waals surface area (Å²) in [7, 11) is 0. The molecule has 0 aliphatic heterocycles. The minimum absolute atomic E-state index is 0. The van der Waals surface area contributed by atoms with Crippen LogP contribution in [-0.4, -0.2) is 22.6 Å². The molecular weight excluding hydrogens is 260 g/mol. The van der Waals surface area contributed by atoms with Crippen molar-refractivity contribution in [2.24, 2.45) is 11.7 Å². The maximum absolute atomic E-state index is 11.4. The first-order chi connectivity index (χ1) is 7.61. The van der Waals surface area contributed by atoms with Crippen LogP contribution in [0.3, 0.4) is 0 Å². The molecule has 0 unspecified atom stereocenters. The van der Waals surface area contributed by atoms with E-state index in [2.05, 4.69) is 29.4 Å². The van der Waals surface area contributed by atoms with Gasteiger partial charge in [0, 0.05) is 12.8 Å². The quantitative estimate of drug-likeness (QED) is 0.832. The topological polar surface area (TPSA) is 80.9 Å². The zero-order chi connectivity index (χ0) is 12.0. The molecule has 0 aliphatic rings. The van der Waals surface area contributed by atoms with Crippen LogP contribution in [0.2, 0.25) is 0 Å². The van der Waals surface area contributed by atoms with Crippen molar-refractivity contribution >= 4 is 34.8 Å². The molecule has 0 saturated carbocycles. The van der Waals surface area contributed by atoms with Crippen molar-refractivity contribution in [3.8, 4) is 0 Å². The minimum Gasteiger partial charge on any atom is -0.330 e. The molecule has 1 rings (SSSR count). The third kappa shape index (κ3) is 6.55. The lowest BCUT2D eigenvalue weighted by atomic mass is 10.1. The van der Waals surface area contributed by atoms with Crippen LogP contribution in [0.25, 0.3) is 0 Å². The number of rotatable bonds is 6. The van der Waals surface area contributed by atoms with Crippen LogP contribution < -0.4 is 11.1 Å². The number of hydrogen-bond donors (Lipinski definition) is 2. The Balaban J connectivity index is 0.00000256. The standard InChI is InChI=1S/C10H18N4OS.ClH/c1-7(2)6-9-13-14-10(16-9)12-8(15)4-3-5-11;/h7H,3-6,11H2,1-2H3,(H,12,14,15);1H. The molecule has 1 amide bonds. The van der Waals surface area contributed by atoms with Crippen molar-refractivity contribution in [3.63, 3.8) is 0 Å². The highest BCUT2D eigenvalue weighted by atomic mass is 35.5. The van der Waals surface area contributed by atoms with Gasteiger partial charge >= 0.3 is 0 Å². The molecule has 0 radical (unpaired) electrons. The monoisotopic (exact) mass is 278 g/mol. The Kier molecular flexibility index (Phi) is 8.03. The van der Waals surface area contributed by atoms with Gasteiger partial charge in [-0.3, -0.25) is 4.79 Å². The van der Waals surface area contributed by atoms with Gasteiger partial charge in [0.1, 0.15) is 5.01 Å². The molecule has 7 heteroatoms. The predicted molar refractivity (Wildman–Crippen MR) is 72.6 cm³/mol. The fourth-order valence-corrected chi connectivity index (χ4v) is 2.15. The molecular formula is C10H19ClN4OS. The van der Waals surface area contributed by atoms with Gasteiger partial charge in [-0.1, -0.05) is 25.2 Å². The summed E-state index contributed by atoms with van der Waals surface area (Å²) in [4.78, 5) is 11.4. The van der Waals surface area contributed by atoms with Crippen LogP contribution in [0.15, 0.2) is 0 Å². The van der Waals surface area contributed by atoms with Gasteiger partial charge in [-0.05, 0) is 18.9 Å². The van der Waals surface area contributed by atoms with Crippen molar-refractivity contribution in [1.82, 2.24) is 10.2 Å². The van der Waals surface area contributed by atoms with Gasteiger partial charge in [0.05, 0.1) is 0 Å². The van der Waals surface area contributed by atoms with Gasteiger partial charge < -0.3 is 11.1 Å². The smallest absolute Gasteiger partial charge is 0.226 e. The lowest BCUT2D eigenvalue weighted by Gasteiger charge is -1.99. The first kappa shape index (κ1) is 16.3. The summed E-state index contributed by atoms with van der Waals surface area (Å²) in [6, 6.07) is 0. The molecule has 0 saturated heterocycles. The summed E-state index contributed by atoms with van der Waals surface area (Å²) < 4.78 is 0. The molecule has 1 aromatic rings. The average molecular weight is 279 g/mol. The fraction of sp³-hybridized carbons (Fsp3) is 0.700. The van der Waals surface area contributed by atoms with Crippen LogP contribution in [-0.2, 0) is 11.2 Å². The average Bonchev–Trinajstić information content (AvgIpc) is 2.61. The van der Waals surface area contributed by atoms with E-state index in [4.69, 9.17) is 5.73 Å². The van der Waals surface area contributed by atoms with E-state index in [9.17, 15) is 4.79 Å². The number of amides is 1. The van der Waals surface area contributed by atoms with Crippen molar-refractivity contribution < 1.29 is 4.79 Å². The largest absolute Gasteiger partial charge is 0.330 e. The predicted octanol–water partition coefficient (Wildman–Crippen LogP) is 1.84. The minimum atomic E-state index is -0.0438. The van der Waals surface area contributed by atoms with Crippen molar-refractivity contribution in [2.45, 2.75) is 33.1 Å². The summed E-state index contributed by atoms with van der Waals surface area (Å²) >= 11 is 1.44. The Bertz CT molecular complexity index is 343. The maximum Gasteiger partial charge on any atom is 0.226 e. The van der Waals surface area contributed by atoms with Crippen LogP contribution in [0.1, 0.15) is 31.7 Å². The van der Waals surface area contributed by atoms with E-state index >= 15 is 0 Å². The van der Waals surface area contributed by atoms with E-state index in [0.29, 0.717) is 30.4 Å². The number of nitrogens with zero attached hydrogens (tertiary/aromatic N) is 2. The highest BCUT2D eigenvalue weighted by Crippen LogP contribution is 2.18. The van der Waals surface area contributed by atoms with Crippen LogP contribution in [0.4, 0.5) is 5.13 Å². The molecule has 0 atom stereocenters. The molecule has 0 aromatic carbocycles. The van der Waals surface area contributed by atoms with Gasteiger partial charge in [-0.2, -0.15) is 0 Å². The number of nitrogens with two attached hydrogens (primary N) is 1. The number of aromatic nitrogens is 2. The van der Waals surface area contributed by atoms with Crippen molar-refractivity contribution in [2.75, 3.05) is 11.9 Å². The third-order valence-electron chi connectivity index (χ3n) is 1.90. The lowest BCUT2D eigenvalue weighted by molar-refractivity contribution is -0.116. The first-order valence-corrected chi connectivity index (χ1v) is 6.25. The summed E-state index contributed by atoms with van der Waals surface area (Å²) in [5.74, 6) is 0.506. The Morgan fingerprint density at radius 2 is 2.18 bits per heavy atom. The van der Waals surface area contributed by atoms with Gasteiger partial charge in [-0.15, -0.1) is 22.6 Å². The number of carbonyl (C=O) groups is 1. The summed E-state index contributed by atoms with van der Waals surface area (Å²) in [6.45, 7) is 4.78. The van der Waals surface area contributed by atoms with Crippen molar-refractivity contribution in [3.05, 3.63) is 5.01 Å². The van der Waals surface area contributed by atoms with Gasteiger partial charge in [0.25, 0.3) is 0 Å². The molecule has 0 aliphatic carbocycles. The Morgan fingerprint density at radius 3 is 2.76 bits per heavy atom. The zero-order valence-corrected chi connectivity index (χ0v) is 11.7. The lowest BCUT2D eigenvalue weighted by Crippen LogP contribution is -2.13. The van der Waals surface area contributed by atoms with E-state index in [1.54, 1.807) is 0 Å². The van der Waals surface area contributed by atoms with Gasteiger partial charge in [0.2, 0.25) is 11.0 Å². The van der Waals surface area contributed by atoms with E-state index < -0.39 is 0 Å². The maximum atomic E-state index is 11.4. The van der Waals surface area contributed by atoms with E-state index in [0.717, 1.165) is 11.4 Å². The number of halogens is 1. The second-order valence-corrected chi connectivity index (χ2v) is 5.10. The third-order valence-corrected chi connectivity index (χ3v) is 2.77. The number of nitrogens with one attached hydrogen (secondary N) is 1. The molecule has 0 fully saturated rings. The molecule has 1 heterocycles. The van der Waals surface area contributed by atoms with Gasteiger partial charge in [0.15, 0.2) is 0 Å². The molecule has 1 aromatic heterocycles. The summed E-state index contributed by atoms with van der Waals surface area (Å²) in [5, 5.41) is 12.2. The van der Waals surface area contributed by atoms with Gasteiger partial charge in [-0.25, -0.2) is 0 Å². The number of hydrogen-bond acceptors (Lipinski definition) is 5. The molecule has 0 bridgehead atoms. The van der Waals surface area contributed by atoms with Crippen LogP contribution in [0, 0.1) is 5.92 Å². The SMILES string of the molecule is CC(C)Cc1nnc(NC(=O)CCCN)s1.Cl. The first-order valence-electron chi connectivity index (χ1n) is 5.44.